The number of rotatable bonds is 2. The Labute approximate surface area is 117 Å². The normalized spacial score (nSPS) is 19.9. The number of nitriles is 1. The first-order chi connectivity index (χ1) is 9.65. The largest absolute Gasteiger partial charge is 0.356 e. The molecule has 0 bridgehead atoms. The zero-order chi connectivity index (χ0) is 14.2. The summed E-state index contributed by atoms with van der Waals surface area (Å²) < 4.78 is 0. The molecular weight excluding hydrogens is 250 g/mol. The van der Waals surface area contributed by atoms with Crippen LogP contribution in [0.25, 0.3) is 0 Å². The average Bonchev–Trinajstić information content (AvgIpc) is 2.74. The second-order valence-corrected chi connectivity index (χ2v) is 4.85. The zero-order valence-corrected chi connectivity index (χ0v) is 11.0. The monoisotopic (exact) mass is 263 g/mol. The Morgan fingerprint density at radius 3 is 2.55 bits per heavy atom. The van der Waals surface area contributed by atoms with Gasteiger partial charge < -0.3 is 10.6 Å². The number of aryl methyl sites for hydroxylation is 1. The molecule has 1 aliphatic rings. The van der Waals surface area contributed by atoms with Gasteiger partial charge in [-0.1, -0.05) is 35.9 Å². The van der Waals surface area contributed by atoms with Crippen molar-refractivity contribution in [2.75, 3.05) is 10.6 Å². The zero-order valence-electron chi connectivity index (χ0n) is 11.0. The number of nitrogens with one attached hydrogen (secondary N) is 2. The van der Waals surface area contributed by atoms with Gasteiger partial charge in [0.1, 0.15) is 6.07 Å². The van der Waals surface area contributed by atoms with Gasteiger partial charge in [0.15, 0.2) is 0 Å². The Morgan fingerprint density at radius 1 is 1.15 bits per heavy atom. The van der Waals surface area contributed by atoms with Gasteiger partial charge in [0.05, 0.1) is 0 Å². The van der Waals surface area contributed by atoms with Crippen LogP contribution in [0.4, 0.5) is 11.4 Å². The van der Waals surface area contributed by atoms with Gasteiger partial charge in [0.2, 0.25) is 5.54 Å². The van der Waals surface area contributed by atoms with E-state index in [1.807, 2.05) is 43.3 Å². The molecule has 0 saturated heterocycles. The van der Waals surface area contributed by atoms with Crippen molar-refractivity contribution in [1.82, 2.24) is 0 Å². The molecule has 4 nitrogen and oxygen atoms in total. The number of hydrogen-bond acceptors (Lipinski definition) is 3. The molecule has 0 aliphatic carbocycles. The summed E-state index contributed by atoms with van der Waals surface area (Å²) in [5, 5.41) is 15.4. The molecule has 3 rings (SSSR count). The first kappa shape index (κ1) is 12.2. The van der Waals surface area contributed by atoms with Crippen molar-refractivity contribution in [2.24, 2.45) is 0 Å². The van der Waals surface area contributed by atoms with Crippen LogP contribution in [-0.2, 0) is 10.3 Å². The van der Waals surface area contributed by atoms with Crippen molar-refractivity contribution in [2.45, 2.75) is 12.5 Å². The summed E-state index contributed by atoms with van der Waals surface area (Å²) in [5.41, 5.74) is 1.83. The van der Waals surface area contributed by atoms with Gasteiger partial charge in [-0.3, -0.25) is 4.79 Å². The summed E-state index contributed by atoms with van der Waals surface area (Å²) >= 11 is 0. The summed E-state index contributed by atoms with van der Waals surface area (Å²) in [7, 11) is 0. The van der Waals surface area contributed by atoms with Crippen LogP contribution in [0.2, 0.25) is 0 Å². The molecule has 1 aliphatic heterocycles. The molecule has 0 fully saturated rings. The summed E-state index contributed by atoms with van der Waals surface area (Å²) in [4.78, 5) is 12.3. The van der Waals surface area contributed by atoms with Crippen LogP contribution < -0.4 is 10.6 Å². The minimum atomic E-state index is -1.37. The van der Waals surface area contributed by atoms with Crippen LogP contribution in [0.5, 0.6) is 0 Å². The molecule has 2 aromatic rings. The first-order valence-electron chi connectivity index (χ1n) is 6.33. The second kappa shape index (κ2) is 4.39. The average molecular weight is 263 g/mol. The number of hydrogen-bond donors (Lipinski definition) is 2. The number of para-hydroxylation sites is 1. The van der Waals surface area contributed by atoms with E-state index in [1.54, 1.807) is 12.1 Å². The van der Waals surface area contributed by atoms with Gasteiger partial charge in [-0.25, -0.2) is 0 Å². The lowest BCUT2D eigenvalue weighted by molar-refractivity contribution is -0.118. The number of benzene rings is 2. The fourth-order valence-electron chi connectivity index (χ4n) is 2.37. The van der Waals surface area contributed by atoms with E-state index < -0.39 is 5.54 Å². The van der Waals surface area contributed by atoms with Gasteiger partial charge >= 0.3 is 0 Å². The van der Waals surface area contributed by atoms with E-state index in [0.717, 1.165) is 11.3 Å². The van der Waals surface area contributed by atoms with Crippen molar-refractivity contribution in [1.29, 1.82) is 5.26 Å². The second-order valence-electron chi connectivity index (χ2n) is 4.85. The Hall–Kier alpha value is -2.80. The third kappa shape index (κ3) is 1.72. The molecule has 20 heavy (non-hydrogen) atoms. The van der Waals surface area contributed by atoms with E-state index in [1.165, 1.54) is 0 Å². The molecule has 1 amide bonds. The topological polar surface area (TPSA) is 64.9 Å². The predicted molar refractivity (Wildman–Crippen MR) is 77.2 cm³/mol. The Bertz CT molecular complexity index is 715. The van der Waals surface area contributed by atoms with Gasteiger partial charge in [0.25, 0.3) is 5.91 Å². The Balaban J connectivity index is 2.06. The summed E-state index contributed by atoms with van der Waals surface area (Å²) in [5.74, 6) is -0.346. The van der Waals surface area contributed by atoms with Gasteiger partial charge in [-0.15, -0.1) is 0 Å². The highest BCUT2D eigenvalue weighted by Crippen LogP contribution is 2.37. The van der Waals surface area contributed by atoms with Crippen molar-refractivity contribution < 1.29 is 4.79 Å². The van der Waals surface area contributed by atoms with Gasteiger partial charge in [0, 0.05) is 16.9 Å². The summed E-state index contributed by atoms with van der Waals surface area (Å²) in [6.45, 7) is 1.99. The van der Waals surface area contributed by atoms with Gasteiger partial charge in [-0.2, -0.15) is 5.26 Å². The lowest BCUT2D eigenvalue weighted by atomic mass is 9.92. The third-order valence-corrected chi connectivity index (χ3v) is 3.47. The molecular formula is C16H13N3O. The van der Waals surface area contributed by atoms with Crippen LogP contribution >= 0.6 is 0 Å². The fourth-order valence-corrected chi connectivity index (χ4v) is 2.37. The standard InChI is InChI=1S/C16H13N3O/c1-11-6-8-12(9-7-11)19-16(10-17)13-4-2-3-5-14(13)18-15(16)20/h2-9,19H,1H3,(H,18,20)/t16-/m0/s1. The lowest BCUT2D eigenvalue weighted by Crippen LogP contribution is -2.40. The third-order valence-electron chi connectivity index (χ3n) is 3.47. The van der Waals surface area contributed by atoms with Crippen LogP contribution in [-0.4, -0.2) is 5.91 Å². The molecule has 1 atom stereocenters. The molecule has 0 radical (unpaired) electrons. The van der Waals surface area contributed by atoms with E-state index in [-0.39, 0.29) is 5.91 Å². The van der Waals surface area contributed by atoms with Crippen molar-refractivity contribution in [3.05, 3.63) is 59.7 Å². The van der Waals surface area contributed by atoms with E-state index in [4.69, 9.17) is 0 Å². The van der Waals surface area contributed by atoms with Crippen LogP contribution in [0.15, 0.2) is 48.5 Å². The van der Waals surface area contributed by atoms with Crippen LogP contribution in [0.1, 0.15) is 11.1 Å². The maximum Gasteiger partial charge on any atom is 0.269 e. The molecule has 2 aromatic carbocycles. The fraction of sp³-hybridized carbons (Fsp3) is 0.125. The Morgan fingerprint density at radius 2 is 1.85 bits per heavy atom. The summed E-state index contributed by atoms with van der Waals surface area (Å²) in [6.07, 6.45) is 0. The van der Waals surface area contributed by atoms with Crippen LogP contribution in [0, 0.1) is 18.3 Å². The predicted octanol–water partition coefficient (Wildman–Crippen LogP) is 2.78. The first-order valence-corrected chi connectivity index (χ1v) is 6.33. The molecule has 98 valence electrons. The highest BCUT2D eigenvalue weighted by atomic mass is 16.2. The smallest absolute Gasteiger partial charge is 0.269 e. The molecule has 0 unspecified atom stereocenters. The number of nitrogens with zero attached hydrogens (tertiary/aromatic N) is 1. The Kier molecular flexibility index (Phi) is 2.69. The van der Waals surface area contributed by atoms with Crippen LogP contribution in [0.3, 0.4) is 0 Å². The minimum Gasteiger partial charge on any atom is -0.356 e. The molecule has 2 N–H and O–H groups in total. The van der Waals surface area contributed by atoms with E-state index in [9.17, 15) is 10.1 Å². The maximum absolute atomic E-state index is 12.3. The maximum atomic E-state index is 12.3. The van der Waals surface area contributed by atoms with Crippen molar-refractivity contribution in [3.63, 3.8) is 0 Å². The number of amides is 1. The molecule has 0 aromatic heterocycles. The van der Waals surface area contributed by atoms with Crippen molar-refractivity contribution in [3.8, 4) is 6.07 Å². The lowest BCUT2D eigenvalue weighted by Gasteiger charge is -2.22. The number of carbonyl (C=O) groups excluding carboxylic acids is 1. The number of fused-ring (bicyclic) bond motifs is 1. The molecule has 1 heterocycles. The SMILES string of the molecule is Cc1ccc(N[C@]2(C#N)C(=O)Nc3ccccc32)cc1. The summed E-state index contributed by atoms with van der Waals surface area (Å²) in [6, 6.07) is 17.0. The number of carbonyl (C=O) groups is 1. The molecule has 4 heteroatoms. The van der Waals surface area contributed by atoms with Crippen molar-refractivity contribution >= 4 is 17.3 Å². The van der Waals surface area contributed by atoms with E-state index in [0.29, 0.717) is 11.3 Å². The van der Waals surface area contributed by atoms with Gasteiger partial charge in [-0.05, 0) is 25.1 Å². The van der Waals surface area contributed by atoms with E-state index in [2.05, 4.69) is 16.7 Å². The van der Waals surface area contributed by atoms with E-state index >= 15 is 0 Å². The minimum absolute atomic E-state index is 0.346. The number of anilines is 2. The highest BCUT2D eigenvalue weighted by Gasteiger charge is 2.47. The quantitative estimate of drug-likeness (QED) is 0.875. The highest BCUT2D eigenvalue weighted by molar-refractivity contribution is 6.09. The molecule has 0 saturated carbocycles. The molecule has 0 spiro atoms.